The Labute approximate surface area is 98.7 Å². The molecule has 2 aromatic heterocycles. The van der Waals surface area contributed by atoms with E-state index in [1.54, 1.807) is 13.1 Å². The first kappa shape index (κ1) is 10.0. The Morgan fingerprint density at radius 1 is 1.24 bits per heavy atom. The molecule has 0 aliphatic heterocycles. The van der Waals surface area contributed by atoms with Crippen molar-refractivity contribution in [2.75, 3.05) is 0 Å². The summed E-state index contributed by atoms with van der Waals surface area (Å²) in [6.45, 7) is 3.61. The van der Waals surface area contributed by atoms with Crippen LogP contribution >= 0.6 is 0 Å². The van der Waals surface area contributed by atoms with Crippen LogP contribution in [0.5, 0.6) is 0 Å². The molecule has 0 atom stereocenters. The van der Waals surface area contributed by atoms with E-state index in [2.05, 4.69) is 23.2 Å². The van der Waals surface area contributed by atoms with Crippen molar-refractivity contribution in [3.63, 3.8) is 0 Å². The quantitative estimate of drug-likeness (QED) is 0.595. The molecular weight excluding hydrogens is 212 g/mol. The summed E-state index contributed by atoms with van der Waals surface area (Å²) in [6.07, 6.45) is 1.64. The first-order chi connectivity index (χ1) is 8.16. The second-order valence-electron chi connectivity index (χ2n) is 4.29. The Morgan fingerprint density at radius 2 is 2.00 bits per heavy atom. The molecule has 0 bridgehead atoms. The number of carbonyl (C=O) groups is 1. The number of aryl methyl sites for hydroxylation is 1. The summed E-state index contributed by atoms with van der Waals surface area (Å²) in [4.78, 5) is 15.9. The molecular formula is C14H12N2O. The maximum atomic E-state index is 11.6. The molecule has 0 radical (unpaired) electrons. The number of carbonyl (C=O) groups excluding carboxylic acids is 1. The van der Waals surface area contributed by atoms with Crippen LogP contribution in [0.3, 0.4) is 0 Å². The van der Waals surface area contributed by atoms with E-state index in [4.69, 9.17) is 0 Å². The fraction of sp³-hybridized carbons (Fsp3) is 0.143. The van der Waals surface area contributed by atoms with Crippen LogP contribution in [0.1, 0.15) is 23.0 Å². The minimum Gasteiger partial charge on any atom is -0.293 e. The van der Waals surface area contributed by atoms with E-state index in [0.29, 0.717) is 5.69 Å². The van der Waals surface area contributed by atoms with E-state index in [1.807, 2.05) is 23.5 Å². The van der Waals surface area contributed by atoms with E-state index in [-0.39, 0.29) is 5.78 Å². The first-order valence-electron chi connectivity index (χ1n) is 5.54. The number of benzene rings is 1. The summed E-state index contributed by atoms with van der Waals surface area (Å²) in [5.41, 5.74) is 3.66. The smallest absolute Gasteiger partial charge is 0.178 e. The number of imidazole rings is 1. The molecule has 0 saturated heterocycles. The van der Waals surface area contributed by atoms with Crippen molar-refractivity contribution >= 4 is 22.3 Å². The average Bonchev–Trinajstić information content (AvgIpc) is 2.73. The zero-order valence-corrected chi connectivity index (χ0v) is 9.77. The minimum absolute atomic E-state index is 0.0338. The van der Waals surface area contributed by atoms with Gasteiger partial charge >= 0.3 is 0 Å². The molecule has 2 heterocycles. The summed E-state index contributed by atoms with van der Waals surface area (Å²) in [6, 6.07) is 10.2. The van der Waals surface area contributed by atoms with Crippen LogP contribution in [0.4, 0.5) is 0 Å². The van der Waals surface area contributed by atoms with Crippen LogP contribution in [0.15, 0.2) is 36.5 Å². The molecule has 3 heteroatoms. The Balaban J connectivity index is 2.55. The van der Waals surface area contributed by atoms with E-state index >= 15 is 0 Å². The number of pyridine rings is 1. The fourth-order valence-corrected chi connectivity index (χ4v) is 2.14. The van der Waals surface area contributed by atoms with E-state index in [1.165, 1.54) is 5.56 Å². The maximum absolute atomic E-state index is 11.6. The third-order valence-electron chi connectivity index (χ3n) is 2.99. The normalized spacial score (nSPS) is 11.2. The molecule has 3 aromatic rings. The van der Waals surface area contributed by atoms with Gasteiger partial charge in [0.25, 0.3) is 0 Å². The third kappa shape index (κ3) is 1.43. The van der Waals surface area contributed by atoms with E-state index in [0.717, 1.165) is 16.6 Å². The molecule has 0 aliphatic rings. The van der Waals surface area contributed by atoms with Crippen LogP contribution in [-0.4, -0.2) is 15.2 Å². The SMILES string of the molecule is CC(=O)c1cnc2ccc3ccc(C)cc3n12. The number of fused-ring (bicyclic) bond motifs is 3. The number of hydrogen-bond donors (Lipinski definition) is 0. The van der Waals surface area contributed by atoms with Gasteiger partial charge in [-0.05, 0) is 36.1 Å². The van der Waals surface area contributed by atoms with E-state index < -0.39 is 0 Å². The van der Waals surface area contributed by atoms with Crippen LogP contribution in [0, 0.1) is 6.92 Å². The summed E-state index contributed by atoms with van der Waals surface area (Å²) in [7, 11) is 0. The van der Waals surface area contributed by atoms with Crippen LogP contribution in [-0.2, 0) is 0 Å². The van der Waals surface area contributed by atoms with Crippen molar-refractivity contribution in [1.82, 2.24) is 9.38 Å². The second kappa shape index (κ2) is 3.42. The predicted octanol–water partition coefficient (Wildman–Crippen LogP) is 3.00. The molecule has 0 aliphatic carbocycles. The molecule has 3 rings (SSSR count). The molecule has 0 spiro atoms. The van der Waals surface area contributed by atoms with Gasteiger partial charge in [-0.2, -0.15) is 0 Å². The predicted molar refractivity (Wildman–Crippen MR) is 67.4 cm³/mol. The Bertz CT molecular complexity index is 740. The van der Waals surface area contributed by atoms with Crippen molar-refractivity contribution in [3.8, 4) is 0 Å². The van der Waals surface area contributed by atoms with Crippen LogP contribution in [0.25, 0.3) is 16.6 Å². The Hall–Kier alpha value is -2.16. The van der Waals surface area contributed by atoms with Crippen LogP contribution < -0.4 is 0 Å². The second-order valence-corrected chi connectivity index (χ2v) is 4.29. The molecule has 84 valence electrons. The van der Waals surface area contributed by atoms with Gasteiger partial charge < -0.3 is 0 Å². The largest absolute Gasteiger partial charge is 0.293 e. The number of aromatic nitrogens is 2. The highest BCUT2D eigenvalue weighted by atomic mass is 16.1. The standard InChI is InChI=1S/C14H12N2O/c1-9-3-4-11-5-6-14-15-8-13(10(2)17)16(14)12(11)7-9/h3-8H,1-2H3. The van der Waals surface area contributed by atoms with Gasteiger partial charge in [-0.25, -0.2) is 4.98 Å². The molecule has 3 nitrogen and oxygen atoms in total. The number of ketones is 1. The molecule has 0 N–H and O–H groups in total. The van der Waals surface area contributed by atoms with Gasteiger partial charge in [0.05, 0.1) is 11.7 Å². The molecule has 1 aromatic carbocycles. The lowest BCUT2D eigenvalue weighted by Crippen LogP contribution is -1.99. The van der Waals surface area contributed by atoms with E-state index in [9.17, 15) is 4.79 Å². The average molecular weight is 224 g/mol. The monoisotopic (exact) mass is 224 g/mol. The Morgan fingerprint density at radius 3 is 2.76 bits per heavy atom. The first-order valence-corrected chi connectivity index (χ1v) is 5.54. The third-order valence-corrected chi connectivity index (χ3v) is 2.99. The lowest BCUT2D eigenvalue weighted by Gasteiger charge is -2.05. The summed E-state index contributed by atoms with van der Waals surface area (Å²) >= 11 is 0. The van der Waals surface area contributed by atoms with Gasteiger partial charge in [0.2, 0.25) is 0 Å². The minimum atomic E-state index is 0.0338. The molecule has 0 amide bonds. The van der Waals surface area contributed by atoms with Crippen molar-refractivity contribution < 1.29 is 4.79 Å². The van der Waals surface area contributed by atoms with Gasteiger partial charge in [-0.1, -0.05) is 12.1 Å². The highest BCUT2D eigenvalue weighted by Gasteiger charge is 2.10. The van der Waals surface area contributed by atoms with Gasteiger partial charge in [-0.15, -0.1) is 0 Å². The number of hydrogen-bond acceptors (Lipinski definition) is 2. The van der Waals surface area contributed by atoms with Crippen molar-refractivity contribution in [3.05, 3.63) is 47.8 Å². The lowest BCUT2D eigenvalue weighted by molar-refractivity contribution is 0.101. The number of nitrogens with zero attached hydrogens (tertiary/aromatic N) is 2. The van der Waals surface area contributed by atoms with Crippen LogP contribution in [0.2, 0.25) is 0 Å². The van der Waals surface area contributed by atoms with Crippen molar-refractivity contribution in [2.45, 2.75) is 13.8 Å². The summed E-state index contributed by atoms with van der Waals surface area (Å²) < 4.78 is 1.92. The topological polar surface area (TPSA) is 34.4 Å². The van der Waals surface area contributed by atoms with Gasteiger partial charge in [0.1, 0.15) is 11.3 Å². The molecule has 0 unspecified atom stereocenters. The molecule has 17 heavy (non-hydrogen) atoms. The van der Waals surface area contributed by atoms with Gasteiger partial charge in [-0.3, -0.25) is 9.20 Å². The molecule has 0 fully saturated rings. The molecule has 0 saturated carbocycles. The van der Waals surface area contributed by atoms with Crippen molar-refractivity contribution in [2.24, 2.45) is 0 Å². The summed E-state index contributed by atoms with van der Waals surface area (Å²) in [5, 5.41) is 1.11. The highest BCUT2D eigenvalue weighted by Crippen LogP contribution is 2.20. The zero-order valence-electron chi connectivity index (χ0n) is 9.77. The van der Waals surface area contributed by atoms with Gasteiger partial charge in [0, 0.05) is 6.92 Å². The zero-order chi connectivity index (χ0) is 12.0. The lowest BCUT2D eigenvalue weighted by atomic mass is 10.1. The maximum Gasteiger partial charge on any atom is 0.178 e. The van der Waals surface area contributed by atoms with Crippen molar-refractivity contribution in [1.29, 1.82) is 0 Å². The Kier molecular flexibility index (Phi) is 2.01. The number of rotatable bonds is 1. The number of Topliss-reactive ketones (excluding diaryl/α,β-unsaturated/α-hetero) is 1. The summed E-state index contributed by atoms with van der Waals surface area (Å²) in [5.74, 6) is 0.0338. The van der Waals surface area contributed by atoms with Gasteiger partial charge in [0.15, 0.2) is 5.78 Å². The fourth-order valence-electron chi connectivity index (χ4n) is 2.14. The highest BCUT2D eigenvalue weighted by molar-refractivity contribution is 5.95.